The van der Waals surface area contributed by atoms with Gasteiger partial charge in [0.25, 0.3) is 0 Å². The van der Waals surface area contributed by atoms with Gasteiger partial charge in [-0.1, -0.05) is 11.8 Å². The summed E-state index contributed by atoms with van der Waals surface area (Å²) in [5.74, 6) is 5.24. The first-order chi connectivity index (χ1) is 6.54. The number of sulfonamides is 1. The summed E-state index contributed by atoms with van der Waals surface area (Å²) in [6, 6.07) is 4.83. The molecule has 0 unspecified atom stereocenters. The topological polar surface area (TPSA) is 83.9 Å². The van der Waals surface area contributed by atoms with Crippen molar-refractivity contribution in [3.8, 4) is 17.9 Å². The zero-order chi connectivity index (χ0) is 10.6. The number of nitrogens with zero attached hydrogens (tertiary/aromatic N) is 1. The van der Waals surface area contributed by atoms with E-state index in [9.17, 15) is 8.42 Å². The van der Waals surface area contributed by atoms with E-state index in [1.807, 2.05) is 6.07 Å². The lowest BCUT2D eigenvalue weighted by molar-refractivity contribution is 0.600. The fraction of sp³-hybridized carbons (Fsp3) is 0.125. The van der Waals surface area contributed by atoms with Crippen LogP contribution in [-0.4, -0.2) is 8.42 Å². The molecule has 0 aliphatic heterocycles. The number of nitrogens with two attached hydrogens (primary N) is 1. The van der Waals surface area contributed by atoms with Crippen LogP contribution in [0.4, 0.5) is 0 Å². The van der Waals surface area contributed by atoms with Crippen molar-refractivity contribution in [3.63, 3.8) is 0 Å². The molecule has 1 heterocycles. The van der Waals surface area contributed by atoms with E-state index in [1.54, 1.807) is 6.07 Å². The third-order valence-electron chi connectivity index (χ3n) is 1.24. The van der Waals surface area contributed by atoms with E-state index >= 15 is 0 Å². The van der Waals surface area contributed by atoms with Crippen LogP contribution in [0.3, 0.4) is 0 Å². The lowest BCUT2D eigenvalue weighted by Gasteiger charge is -1.87. The van der Waals surface area contributed by atoms with Crippen molar-refractivity contribution in [1.29, 1.82) is 5.26 Å². The standard InChI is InChI=1S/C8H6N2O2S2/c9-6-2-1-3-7-4-5-8(13-7)14(10,11)12/h4-5H,2H2,(H2,10,11,12). The summed E-state index contributed by atoms with van der Waals surface area (Å²) >= 11 is 0.994. The summed E-state index contributed by atoms with van der Waals surface area (Å²) in [5.41, 5.74) is 0. The Balaban J connectivity index is 2.93. The molecule has 72 valence electrons. The van der Waals surface area contributed by atoms with Crippen LogP contribution in [0.2, 0.25) is 0 Å². The molecule has 0 aromatic carbocycles. The average molecular weight is 226 g/mol. The third kappa shape index (κ3) is 2.86. The van der Waals surface area contributed by atoms with Crippen LogP contribution in [0.15, 0.2) is 16.3 Å². The Morgan fingerprint density at radius 1 is 1.50 bits per heavy atom. The Kier molecular flexibility index (Phi) is 3.26. The first-order valence-corrected chi connectivity index (χ1v) is 5.89. The fourth-order valence-electron chi connectivity index (χ4n) is 0.711. The molecular weight excluding hydrogens is 220 g/mol. The molecule has 0 aliphatic carbocycles. The number of hydrogen-bond acceptors (Lipinski definition) is 4. The van der Waals surface area contributed by atoms with Crippen molar-refractivity contribution in [3.05, 3.63) is 17.0 Å². The van der Waals surface area contributed by atoms with Gasteiger partial charge in [0.1, 0.15) is 4.21 Å². The van der Waals surface area contributed by atoms with Gasteiger partial charge in [-0.15, -0.1) is 11.3 Å². The van der Waals surface area contributed by atoms with Crippen molar-refractivity contribution in [2.45, 2.75) is 10.6 Å². The molecule has 1 aromatic heterocycles. The van der Waals surface area contributed by atoms with E-state index in [0.29, 0.717) is 4.88 Å². The number of hydrogen-bond donors (Lipinski definition) is 1. The molecule has 0 spiro atoms. The van der Waals surface area contributed by atoms with Crippen molar-refractivity contribution in [2.24, 2.45) is 5.14 Å². The molecule has 0 atom stereocenters. The Bertz CT molecular complexity index is 526. The minimum atomic E-state index is -3.63. The molecule has 0 fully saturated rings. The minimum Gasteiger partial charge on any atom is -0.224 e. The predicted octanol–water partition coefficient (Wildman–Crippen LogP) is 0.661. The Labute approximate surface area is 86.0 Å². The monoisotopic (exact) mass is 226 g/mol. The van der Waals surface area contributed by atoms with Crippen molar-refractivity contribution in [1.82, 2.24) is 0 Å². The molecule has 0 amide bonds. The fourth-order valence-corrected chi connectivity index (χ4v) is 2.31. The highest BCUT2D eigenvalue weighted by molar-refractivity contribution is 7.91. The number of rotatable bonds is 1. The third-order valence-corrected chi connectivity index (χ3v) is 3.68. The van der Waals surface area contributed by atoms with Gasteiger partial charge >= 0.3 is 0 Å². The van der Waals surface area contributed by atoms with Crippen LogP contribution in [0, 0.1) is 23.2 Å². The second-order valence-corrected chi connectivity index (χ2v) is 5.17. The molecule has 14 heavy (non-hydrogen) atoms. The van der Waals surface area contributed by atoms with E-state index in [2.05, 4.69) is 11.8 Å². The van der Waals surface area contributed by atoms with Crippen molar-refractivity contribution >= 4 is 21.4 Å². The molecule has 0 bridgehead atoms. The highest BCUT2D eigenvalue weighted by Gasteiger charge is 2.09. The summed E-state index contributed by atoms with van der Waals surface area (Å²) in [7, 11) is -3.63. The van der Waals surface area contributed by atoms with E-state index in [1.165, 1.54) is 6.07 Å². The highest BCUT2D eigenvalue weighted by Crippen LogP contribution is 2.18. The second kappa shape index (κ2) is 4.25. The van der Waals surface area contributed by atoms with Crippen LogP contribution < -0.4 is 5.14 Å². The zero-order valence-electron chi connectivity index (χ0n) is 7.02. The maximum Gasteiger partial charge on any atom is 0.247 e. The quantitative estimate of drug-likeness (QED) is 0.714. The SMILES string of the molecule is N#CCC#Cc1ccc(S(N)(=O)=O)s1. The summed E-state index contributed by atoms with van der Waals surface area (Å²) in [6.07, 6.45) is 0.128. The molecule has 6 heteroatoms. The molecule has 0 saturated carbocycles. The molecule has 0 radical (unpaired) electrons. The first-order valence-electron chi connectivity index (χ1n) is 3.52. The molecular formula is C8H6N2O2S2. The number of primary sulfonamides is 1. The van der Waals surface area contributed by atoms with Gasteiger partial charge in [0.05, 0.1) is 17.4 Å². The zero-order valence-corrected chi connectivity index (χ0v) is 8.65. The van der Waals surface area contributed by atoms with Gasteiger partial charge in [-0.2, -0.15) is 5.26 Å². The number of thiophene rings is 1. The molecule has 1 aromatic rings. The highest BCUT2D eigenvalue weighted by atomic mass is 32.2. The molecule has 0 aliphatic rings. The van der Waals surface area contributed by atoms with Gasteiger partial charge in [-0.05, 0) is 12.1 Å². The Morgan fingerprint density at radius 3 is 2.71 bits per heavy atom. The maximum atomic E-state index is 10.9. The van der Waals surface area contributed by atoms with Crippen LogP contribution in [-0.2, 0) is 10.0 Å². The summed E-state index contributed by atoms with van der Waals surface area (Å²) in [4.78, 5) is 0.587. The number of nitriles is 1. The predicted molar refractivity (Wildman–Crippen MR) is 52.8 cm³/mol. The Morgan fingerprint density at radius 2 is 2.21 bits per heavy atom. The smallest absolute Gasteiger partial charge is 0.224 e. The van der Waals surface area contributed by atoms with Crippen LogP contribution in [0.1, 0.15) is 11.3 Å². The van der Waals surface area contributed by atoms with Gasteiger partial charge in [0, 0.05) is 0 Å². The molecule has 1 rings (SSSR count). The van der Waals surface area contributed by atoms with Crippen molar-refractivity contribution < 1.29 is 8.42 Å². The Hall–Kier alpha value is -1.34. The normalized spacial score (nSPS) is 10.0. The van der Waals surface area contributed by atoms with Gasteiger partial charge in [-0.25, -0.2) is 13.6 Å². The average Bonchev–Trinajstić information content (AvgIpc) is 2.52. The molecule has 4 nitrogen and oxygen atoms in total. The lowest BCUT2D eigenvalue weighted by atomic mass is 10.4. The largest absolute Gasteiger partial charge is 0.247 e. The van der Waals surface area contributed by atoms with E-state index in [4.69, 9.17) is 10.4 Å². The van der Waals surface area contributed by atoms with Gasteiger partial charge in [0.15, 0.2) is 0 Å². The summed E-state index contributed by atoms with van der Waals surface area (Å²) < 4.78 is 21.8. The van der Waals surface area contributed by atoms with Gasteiger partial charge < -0.3 is 0 Å². The minimum absolute atomic E-state index is 0.0822. The second-order valence-electron chi connectivity index (χ2n) is 2.30. The summed E-state index contributed by atoms with van der Waals surface area (Å²) in [6.45, 7) is 0. The molecule has 2 N–H and O–H groups in total. The lowest BCUT2D eigenvalue weighted by Crippen LogP contribution is -2.09. The first kappa shape index (κ1) is 10.7. The van der Waals surface area contributed by atoms with Gasteiger partial charge in [-0.3, -0.25) is 0 Å². The van der Waals surface area contributed by atoms with Gasteiger partial charge in [0.2, 0.25) is 10.0 Å². The summed E-state index contributed by atoms with van der Waals surface area (Å²) in [5, 5.41) is 13.1. The maximum absolute atomic E-state index is 10.9. The van der Waals surface area contributed by atoms with Crippen LogP contribution in [0.5, 0.6) is 0 Å². The molecule has 0 saturated heterocycles. The van der Waals surface area contributed by atoms with Crippen LogP contribution in [0.25, 0.3) is 0 Å². The van der Waals surface area contributed by atoms with Crippen LogP contribution >= 0.6 is 11.3 Å². The van der Waals surface area contributed by atoms with E-state index in [-0.39, 0.29) is 10.6 Å². The van der Waals surface area contributed by atoms with E-state index in [0.717, 1.165) is 11.3 Å². The van der Waals surface area contributed by atoms with Crippen molar-refractivity contribution in [2.75, 3.05) is 0 Å². The van der Waals surface area contributed by atoms with E-state index < -0.39 is 10.0 Å².